The van der Waals surface area contributed by atoms with E-state index in [0.29, 0.717) is 10.7 Å². The Balaban J connectivity index is 1.81. The van der Waals surface area contributed by atoms with E-state index < -0.39 is 15.4 Å². The number of anilines is 1. The molecule has 0 saturated carbocycles. The Morgan fingerprint density at radius 2 is 1.92 bits per heavy atom. The second-order valence-electron chi connectivity index (χ2n) is 8.33. The lowest BCUT2D eigenvalue weighted by Gasteiger charge is -2.27. The van der Waals surface area contributed by atoms with Crippen molar-refractivity contribution in [2.24, 2.45) is 0 Å². The number of nitrogens with one attached hydrogen (secondary N) is 1. The van der Waals surface area contributed by atoms with Gasteiger partial charge < -0.3 is 14.6 Å². The summed E-state index contributed by atoms with van der Waals surface area (Å²) < 4.78 is 36.2. The van der Waals surface area contributed by atoms with Crippen molar-refractivity contribution < 1.29 is 23.0 Å². The lowest BCUT2D eigenvalue weighted by atomic mass is 9.77. The third-order valence-electron chi connectivity index (χ3n) is 5.26. The minimum absolute atomic E-state index is 0.0256. The highest BCUT2D eigenvalue weighted by Crippen LogP contribution is 2.40. The number of phenols is 1. The fourth-order valence-electron chi connectivity index (χ4n) is 3.36. The van der Waals surface area contributed by atoms with E-state index in [1.165, 1.54) is 6.20 Å². The molecule has 0 aliphatic rings. The van der Waals surface area contributed by atoms with Gasteiger partial charge in [0.15, 0.2) is 17.2 Å². The summed E-state index contributed by atoms with van der Waals surface area (Å²) >= 11 is 12.1. The number of ether oxygens (including phenoxy) is 2. The van der Waals surface area contributed by atoms with Crippen LogP contribution in [-0.2, 0) is 22.0 Å². The molecular formula is C24H24Cl2N4O5S. The van der Waals surface area contributed by atoms with Gasteiger partial charge in [-0.1, -0.05) is 31.5 Å². The maximum atomic E-state index is 11.4. The van der Waals surface area contributed by atoms with Gasteiger partial charge in [0.1, 0.15) is 19.3 Å². The Labute approximate surface area is 219 Å². The van der Waals surface area contributed by atoms with Crippen LogP contribution in [0.1, 0.15) is 36.2 Å². The van der Waals surface area contributed by atoms with Crippen LogP contribution in [0.25, 0.3) is 0 Å². The van der Waals surface area contributed by atoms with Crippen LogP contribution in [0.4, 0.5) is 5.95 Å². The fourth-order valence-corrected chi connectivity index (χ4v) is 4.14. The monoisotopic (exact) mass is 550 g/mol. The van der Waals surface area contributed by atoms with Crippen LogP contribution < -0.4 is 14.2 Å². The molecule has 190 valence electrons. The third kappa shape index (κ3) is 6.69. The first-order chi connectivity index (χ1) is 16.9. The van der Waals surface area contributed by atoms with Gasteiger partial charge in [0, 0.05) is 11.6 Å². The summed E-state index contributed by atoms with van der Waals surface area (Å²) in [5.74, 6) is 0.585. The van der Waals surface area contributed by atoms with Crippen molar-refractivity contribution in [3.05, 3.63) is 70.0 Å². The van der Waals surface area contributed by atoms with Gasteiger partial charge in [-0.05, 0) is 41.5 Å². The number of rotatable bonds is 10. The van der Waals surface area contributed by atoms with Crippen molar-refractivity contribution in [3.8, 4) is 23.3 Å². The quantitative estimate of drug-likeness (QED) is 0.349. The predicted molar refractivity (Wildman–Crippen MR) is 137 cm³/mol. The third-order valence-corrected chi connectivity index (χ3v) is 6.24. The number of nitrogens with zero attached hydrogens (tertiary/aromatic N) is 3. The predicted octanol–water partition coefficient (Wildman–Crippen LogP) is 4.60. The molecule has 1 heterocycles. The standard InChI is InChI=1S/C24H24Cl2N4O5S/c1-24(2,17-10-15(13-27)22(19(26)11-17)34-9-7-25)16-4-5-21(20(31)12-16)35-14-18-6-8-28-23(29-18)30-36(3,32)33/h4-6,8,10-12,31H,7,9,14H2,1-3H3,(H,28,29,30). The zero-order valence-electron chi connectivity index (χ0n) is 19.7. The molecule has 0 saturated heterocycles. The molecule has 2 N–H and O–H groups in total. The summed E-state index contributed by atoms with van der Waals surface area (Å²) in [6.45, 7) is 4.07. The topological polar surface area (TPSA) is 134 Å². The summed E-state index contributed by atoms with van der Waals surface area (Å²) in [4.78, 5) is 7.94. The number of nitriles is 1. The number of aromatic hydroxyl groups is 1. The maximum Gasteiger partial charge on any atom is 0.236 e. The van der Waals surface area contributed by atoms with Crippen LogP contribution in [0.2, 0.25) is 5.02 Å². The van der Waals surface area contributed by atoms with Crippen LogP contribution in [-0.4, -0.2) is 42.2 Å². The largest absolute Gasteiger partial charge is 0.504 e. The second-order valence-corrected chi connectivity index (χ2v) is 10.9. The highest BCUT2D eigenvalue weighted by Gasteiger charge is 2.27. The molecule has 3 rings (SSSR count). The first-order valence-corrected chi connectivity index (χ1v) is 13.4. The zero-order valence-corrected chi connectivity index (χ0v) is 22.1. The van der Waals surface area contributed by atoms with Crippen molar-refractivity contribution >= 4 is 39.2 Å². The Hall–Kier alpha value is -3.26. The van der Waals surface area contributed by atoms with Gasteiger partial charge in [0.05, 0.1) is 28.4 Å². The van der Waals surface area contributed by atoms with Gasteiger partial charge in [-0.3, -0.25) is 4.72 Å². The van der Waals surface area contributed by atoms with E-state index in [4.69, 9.17) is 32.7 Å². The molecule has 0 aliphatic carbocycles. The molecule has 0 atom stereocenters. The van der Waals surface area contributed by atoms with Crippen molar-refractivity contribution in [1.29, 1.82) is 5.26 Å². The summed E-state index contributed by atoms with van der Waals surface area (Å²) in [7, 11) is -3.52. The molecule has 0 aliphatic heterocycles. The van der Waals surface area contributed by atoms with E-state index in [-0.39, 0.29) is 47.9 Å². The fraction of sp³-hybridized carbons (Fsp3) is 0.292. The van der Waals surface area contributed by atoms with Gasteiger partial charge in [0.2, 0.25) is 16.0 Å². The number of aromatic nitrogens is 2. The molecule has 0 fully saturated rings. The molecule has 2 aromatic carbocycles. The summed E-state index contributed by atoms with van der Waals surface area (Å²) in [6.07, 6.45) is 2.40. The zero-order chi connectivity index (χ0) is 26.5. The minimum Gasteiger partial charge on any atom is -0.504 e. The van der Waals surface area contributed by atoms with Crippen LogP contribution >= 0.6 is 23.2 Å². The van der Waals surface area contributed by atoms with Gasteiger partial charge >= 0.3 is 0 Å². The lowest BCUT2D eigenvalue weighted by molar-refractivity contribution is 0.284. The first kappa shape index (κ1) is 27.3. The molecule has 0 spiro atoms. The summed E-state index contributed by atoms with van der Waals surface area (Å²) in [6, 6.07) is 12.1. The average Bonchev–Trinajstić information content (AvgIpc) is 2.81. The number of sulfonamides is 1. The van der Waals surface area contributed by atoms with Crippen molar-refractivity contribution in [3.63, 3.8) is 0 Å². The summed E-state index contributed by atoms with van der Waals surface area (Å²) in [5.41, 5.74) is 1.57. The average molecular weight is 551 g/mol. The van der Waals surface area contributed by atoms with E-state index in [1.54, 1.807) is 36.4 Å². The molecule has 0 unspecified atom stereocenters. The number of halogens is 2. The van der Waals surface area contributed by atoms with Crippen LogP contribution in [0.15, 0.2) is 42.6 Å². The molecule has 0 radical (unpaired) electrons. The van der Waals surface area contributed by atoms with Gasteiger partial charge in [-0.25, -0.2) is 18.4 Å². The molecule has 0 amide bonds. The smallest absolute Gasteiger partial charge is 0.236 e. The molecule has 1 aromatic heterocycles. The number of alkyl halides is 1. The van der Waals surface area contributed by atoms with E-state index in [2.05, 4.69) is 20.8 Å². The van der Waals surface area contributed by atoms with E-state index in [1.807, 2.05) is 13.8 Å². The Morgan fingerprint density at radius 3 is 2.56 bits per heavy atom. The first-order valence-electron chi connectivity index (χ1n) is 10.6. The van der Waals surface area contributed by atoms with Crippen LogP contribution in [0, 0.1) is 11.3 Å². The minimum atomic E-state index is -3.52. The van der Waals surface area contributed by atoms with Crippen molar-refractivity contribution in [1.82, 2.24) is 9.97 Å². The van der Waals surface area contributed by atoms with Crippen molar-refractivity contribution in [2.75, 3.05) is 23.5 Å². The molecule has 3 aromatic rings. The second kappa shape index (κ2) is 11.2. The van der Waals surface area contributed by atoms with Gasteiger partial charge in [0.25, 0.3) is 0 Å². The normalized spacial score (nSPS) is 11.6. The number of hydrogen-bond donors (Lipinski definition) is 2. The van der Waals surface area contributed by atoms with Crippen molar-refractivity contribution in [2.45, 2.75) is 25.9 Å². The highest BCUT2D eigenvalue weighted by molar-refractivity contribution is 7.91. The van der Waals surface area contributed by atoms with Gasteiger partial charge in [-0.15, -0.1) is 11.6 Å². The number of benzene rings is 2. The number of hydrogen-bond acceptors (Lipinski definition) is 8. The van der Waals surface area contributed by atoms with E-state index >= 15 is 0 Å². The molecule has 12 heteroatoms. The lowest BCUT2D eigenvalue weighted by Crippen LogP contribution is -2.19. The molecular weight excluding hydrogens is 527 g/mol. The maximum absolute atomic E-state index is 11.4. The SMILES string of the molecule is CC(C)(c1ccc(OCc2ccnc(NS(C)(=O)=O)n2)c(O)c1)c1cc(Cl)c(OCCCl)c(C#N)c1. The Bertz CT molecular complexity index is 1410. The van der Waals surface area contributed by atoms with Crippen LogP contribution in [0.5, 0.6) is 17.2 Å². The van der Waals surface area contributed by atoms with Crippen LogP contribution in [0.3, 0.4) is 0 Å². The number of phenolic OH excluding ortho intramolecular Hbond substituents is 1. The van der Waals surface area contributed by atoms with E-state index in [9.17, 15) is 18.8 Å². The van der Waals surface area contributed by atoms with E-state index in [0.717, 1.165) is 17.4 Å². The Morgan fingerprint density at radius 1 is 1.17 bits per heavy atom. The Kier molecular flexibility index (Phi) is 8.51. The van der Waals surface area contributed by atoms with Gasteiger partial charge in [-0.2, -0.15) is 5.26 Å². The molecule has 9 nitrogen and oxygen atoms in total. The highest BCUT2D eigenvalue weighted by atomic mass is 35.5. The molecule has 0 bridgehead atoms. The summed E-state index contributed by atoms with van der Waals surface area (Å²) in [5, 5.41) is 20.5. The molecule has 36 heavy (non-hydrogen) atoms.